The summed E-state index contributed by atoms with van der Waals surface area (Å²) in [6, 6.07) is 19.7. The Bertz CT molecular complexity index is 1790. The van der Waals surface area contributed by atoms with E-state index in [0.717, 1.165) is 27.8 Å². The summed E-state index contributed by atoms with van der Waals surface area (Å²) in [5.41, 5.74) is 11.5. The van der Waals surface area contributed by atoms with E-state index in [4.69, 9.17) is 9.40 Å². The molecule has 36 heavy (non-hydrogen) atoms. The molecule has 0 saturated heterocycles. The number of rotatable bonds is 2. The molecule has 0 spiro atoms. The monoisotopic (exact) mass is 489 g/mol. The third-order valence-corrected chi connectivity index (χ3v) is 8.70. The van der Waals surface area contributed by atoms with Crippen LogP contribution in [0.4, 0.5) is 0 Å². The fourth-order valence-corrected chi connectivity index (χ4v) is 6.57. The first-order valence-electron chi connectivity index (χ1n) is 12.6. The highest BCUT2D eigenvalue weighted by Crippen LogP contribution is 2.42. The minimum Gasteiger partial charge on any atom is -0.455 e. The van der Waals surface area contributed by atoms with E-state index in [9.17, 15) is 0 Å². The molecule has 0 fully saturated rings. The number of pyridine rings is 1. The predicted octanol–water partition coefficient (Wildman–Crippen LogP) is 10.1. The number of fused-ring (bicyclic) bond motifs is 4. The molecule has 6 aromatic rings. The van der Waals surface area contributed by atoms with E-state index in [1.807, 2.05) is 11.3 Å². The standard InChI is InChI=1S/C33H31NOS/c1-18-10-8-11-19(2)31(18)26-14-28(34-17-27(26)33(5,6)7)23-13-9-12-22-25-16-30-24(20(3)21(4)36-30)15-29(25)35-32(22)23/h8-17H,1-7H3. The molecular weight excluding hydrogens is 458 g/mol. The van der Waals surface area contributed by atoms with Crippen molar-refractivity contribution in [2.75, 3.05) is 0 Å². The van der Waals surface area contributed by atoms with E-state index >= 15 is 0 Å². The lowest BCUT2D eigenvalue weighted by Crippen LogP contribution is -2.14. The van der Waals surface area contributed by atoms with Crippen molar-refractivity contribution in [3.05, 3.63) is 87.9 Å². The van der Waals surface area contributed by atoms with Gasteiger partial charge < -0.3 is 4.42 Å². The highest BCUT2D eigenvalue weighted by atomic mass is 32.1. The molecule has 2 nitrogen and oxygen atoms in total. The van der Waals surface area contributed by atoms with Crippen LogP contribution in [0.5, 0.6) is 0 Å². The maximum Gasteiger partial charge on any atom is 0.144 e. The van der Waals surface area contributed by atoms with Crippen molar-refractivity contribution in [1.82, 2.24) is 4.98 Å². The summed E-state index contributed by atoms with van der Waals surface area (Å²) in [6.45, 7) is 15.6. The summed E-state index contributed by atoms with van der Waals surface area (Å²) < 4.78 is 7.88. The van der Waals surface area contributed by atoms with Crippen molar-refractivity contribution < 1.29 is 4.42 Å². The van der Waals surface area contributed by atoms with Crippen LogP contribution in [0.25, 0.3) is 54.4 Å². The number of aromatic nitrogens is 1. The van der Waals surface area contributed by atoms with Crippen LogP contribution in [0, 0.1) is 27.7 Å². The molecule has 0 aliphatic heterocycles. The fourth-order valence-electron chi connectivity index (χ4n) is 5.48. The molecule has 3 aromatic carbocycles. The second-order valence-corrected chi connectivity index (χ2v) is 12.3. The number of furan rings is 1. The van der Waals surface area contributed by atoms with Crippen LogP contribution >= 0.6 is 11.3 Å². The average molecular weight is 490 g/mol. The minimum atomic E-state index is -0.0251. The van der Waals surface area contributed by atoms with Gasteiger partial charge in [-0.2, -0.15) is 0 Å². The zero-order valence-corrected chi connectivity index (χ0v) is 22.9. The van der Waals surface area contributed by atoms with E-state index in [2.05, 4.69) is 109 Å². The zero-order chi connectivity index (χ0) is 25.4. The Morgan fingerprint density at radius 2 is 1.50 bits per heavy atom. The van der Waals surface area contributed by atoms with Crippen molar-refractivity contribution in [1.29, 1.82) is 0 Å². The Morgan fingerprint density at radius 1 is 0.778 bits per heavy atom. The van der Waals surface area contributed by atoms with Gasteiger partial charge in [-0.05, 0) is 96.1 Å². The maximum atomic E-state index is 6.57. The largest absolute Gasteiger partial charge is 0.455 e. The normalized spacial score (nSPS) is 12.3. The smallest absolute Gasteiger partial charge is 0.144 e. The first-order valence-corrected chi connectivity index (χ1v) is 13.4. The third kappa shape index (κ3) is 3.49. The molecule has 6 rings (SSSR count). The number of para-hydroxylation sites is 1. The van der Waals surface area contributed by atoms with Gasteiger partial charge in [0.15, 0.2) is 0 Å². The summed E-state index contributed by atoms with van der Waals surface area (Å²) in [7, 11) is 0. The minimum absolute atomic E-state index is 0.0251. The highest BCUT2D eigenvalue weighted by Gasteiger charge is 2.23. The number of hydrogen-bond donors (Lipinski definition) is 0. The Morgan fingerprint density at radius 3 is 2.22 bits per heavy atom. The second kappa shape index (κ2) is 8.04. The van der Waals surface area contributed by atoms with E-state index in [0.29, 0.717) is 0 Å². The van der Waals surface area contributed by atoms with Crippen molar-refractivity contribution in [2.45, 2.75) is 53.9 Å². The van der Waals surface area contributed by atoms with Gasteiger partial charge in [0.2, 0.25) is 0 Å². The quantitative estimate of drug-likeness (QED) is 0.242. The average Bonchev–Trinajstić information content (AvgIpc) is 3.33. The molecule has 0 atom stereocenters. The van der Waals surface area contributed by atoms with E-state index < -0.39 is 0 Å². The number of aryl methyl sites for hydroxylation is 4. The number of benzene rings is 3. The van der Waals surface area contributed by atoms with Crippen molar-refractivity contribution in [3.8, 4) is 22.4 Å². The lowest BCUT2D eigenvalue weighted by molar-refractivity contribution is 0.589. The number of hydrogen-bond acceptors (Lipinski definition) is 3. The first-order chi connectivity index (χ1) is 17.1. The summed E-state index contributed by atoms with van der Waals surface area (Å²) in [4.78, 5) is 6.36. The van der Waals surface area contributed by atoms with Gasteiger partial charge in [-0.15, -0.1) is 11.3 Å². The van der Waals surface area contributed by atoms with Gasteiger partial charge in [0, 0.05) is 32.1 Å². The van der Waals surface area contributed by atoms with Gasteiger partial charge in [-0.1, -0.05) is 51.1 Å². The predicted molar refractivity (Wildman–Crippen MR) is 155 cm³/mol. The van der Waals surface area contributed by atoms with Gasteiger partial charge in [0.05, 0.1) is 5.69 Å². The van der Waals surface area contributed by atoms with Crippen LogP contribution < -0.4 is 0 Å². The molecule has 3 aromatic heterocycles. The maximum absolute atomic E-state index is 6.57. The Labute approximate surface area is 216 Å². The van der Waals surface area contributed by atoms with Crippen LogP contribution in [0.1, 0.15) is 47.9 Å². The van der Waals surface area contributed by atoms with E-state index in [1.165, 1.54) is 53.7 Å². The summed E-state index contributed by atoms with van der Waals surface area (Å²) >= 11 is 1.86. The summed E-state index contributed by atoms with van der Waals surface area (Å²) in [5, 5.41) is 3.60. The molecule has 0 N–H and O–H groups in total. The molecule has 0 unspecified atom stereocenters. The molecule has 0 radical (unpaired) electrons. The van der Waals surface area contributed by atoms with Crippen LogP contribution in [-0.2, 0) is 5.41 Å². The lowest BCUT2D eigenvalue weighted by Gasteiger charge is -2.25. The number of thiophene rings is 1. The Hall–Kier alpha value is -3.43. The molecule has 0 aliphatic carbocycles. The van der Waals surface area contributed by atoms with E-state index in [1.54, 1.807) is 0 Å². The van der Waals surface area contributed by atoms with Gasteiger partial charge in [-0.25, -0.2) is 0 Å². The Kier molecular flexibility index (Phi) is 5.14. The van der Waals surface area contributed by atoms with Crippen molar-refractivity contribution in [2.24, 2.45) is 0 Å². The van der Waals surface area contributed by atoms with Gasteiger partial charge >= 0.3 is 0 Å². The van der Waals surface area contributed by atoms with Gasteiger partial charge in [0.1, 0.15) is 11.2 Å². The Balaban J connectivity index is 1.62. The molecule has 3 heterocycles. The van der Waals surface area contributed by atoms with Gasteiger partial charge in [0.25, 0.3) is 0 Å². The molecule has 0 amide bonds. The van der Waals surface area contributed by atoms with Gasteiger partial charge in [-0.3, -0.25) is 4.98 Å². The van der Waals surface area contributed by atoms with Crippen LogP contribution in [-0.4, -0.2) is 4.98 Å². The SMILES string of the molecule is Cc1cccc(C)c1-c1cc(-c2cccc3c2oc2cc4c(C)c(C)sc4cc23)ncc1C(C)(C)C. The lowest BCUT2D eigenvalue weighted by atomic mass is 9.80. The first kappa shape index (κ1) is 23.0. The second-order valence-electron chi connectivity index (χ2n) is 11.0. The number of nitrogens with zero attached hydrogens (tertiary/aromatic N) is 1. The molecule has 0 aliphatic rings. The molecule has 3 heteroatoms. The van der Waals surface area contributed by atoms with Crippen LogP contribution in [0.2, 0.25) is 0 Å². The molecule has 180 valence electrons. The fraction of sp³-hybridized carbons (Fsp3) is 0.242. The topological polar surface area (TPSA) is 26.0 Å². The third-order valence-electron chi connectivity index (χ3n) is 7.53. The van der Waals surface area contributed by atoms with Crippen molar-refractivity contribution >= 4 is 43.4 Å². The van der Waals surface area contributed by atoms with Crippen LogP contribution in [0.15, 0.2) is 65.2 Å². The molecule has 0 bridgehead atoms. The molecule has 0 saturated carbocycles. The zero-order valence-electron chi connectivity index (χ0n) is 22.0. The van der Waals surface area contributed by atoms with E-state index in [-0.39, 0.29) is 5.41 Å². The summed E-state index contributed by atoms with van der Waals surface area (Å²) in [5.74, 6) is 0. The highest BCUT2D eigenvalue weighted by molar-refractivity contribution is 7.19. The summed E-state index contributed by atoms with van der Waals surface area (Å²) in [6.07, 6.45) is 2.07. The molecular formula is C33H31NOS. The van der Waals surface area contributed by atoms with Crippen LogP contribution in [0.3, 0.4) is 0 Å². The van der Waals surface area contributed by atoms with Crippen molar-refractivity contribution in [3.63, 3.8) is 0 Å².